The lowest BCUT2D eigenvalue weighted by Gasteiger charge is -2.17. The van der Waals surface area contributed by atoms with Crippen LogP contribution in [-0.4, -0.2) is 45.5 Å². The van der Waals surface area contributed by atoms with Crippen molar-refractivity contribution in [1.29, 1.82) is 0 Å². The summed E-state index contributed by atoms with van der Waals surface area (Å²) in [4.78, 5) is 36.1. The van der Waals surface area contributed by atoms with Crippen LogP contribution in [0.3, 0.4) is 0 Å². The first-order valence-corrected chi connectivity index (χ1v) is 10.0. The monoisotopic (exact) mass is 431 g/mol. The number of nitrogens with zero attached hydrogens (tertiary/aromatic N) is 3. The summed E-state index contributed by atoms with van der Waals surface area (Å²) < 4.78 is 1.80. The molecule has 0 saturated heterocycles. The molecular formula is C24H25N5O3. The summed E-state index contributed by atoms with van der Waals surface area (Å²) in [6.07, 6.45) is 4.74. The summed E-state index contributed by atoms with van der Waals surface area (Å²) in [5.74, 6) is -2.01. The number of amides is 3. The molecule has 0 aliphatic rings. The van der Waals surface area contributed by atoms with E-state index >= 15 is 0 Å². The van der Waals surface area contributed by atoms with Gasteiger partial charge in [-0.3, -0.25) is 19.1 Å². The van der Waals surface area contributed by atoms with E-state index in [0.29, 0.717) is 12.2 Å². The second-order valence-electron chi connectivity index (χ2n) is 7.44. The maximum absolute atomic E-state index is 12.6. The van der Waals surface area contributed by atoms with Crippen LogP contribution in [0, 0.1) is 6.92 Å². The number of nitrogens with two attached hydrogens (primary N) is 2. The summed E-state index contributed by atoms with van der Waals surface area (Å²) in [6.45, 7) is 1.77. The fraction of sp³-hybridized carbons (Fsp3) is 0.167. The average Bonchev–Trinajstić information content (AvgIpc) is 3.14. The van der Waals surface area contributed by atoms with Crippen molar-refractivity contribution >= 4 is 23.8 Å². The van der Waals surface area contributed by atoms with Crippen LogP contribution < -0.4 is 11.5 Å². The molecule has 1 heterocycles. The summed E-state index contributed by atoms with van der Waals surface area (Å²) in [5, 5.41) is 4.72. The molecule has 164 valence electrons. The fourth-order valence-electron chi connectivity index (χ4n) is 3.20. The first-order chi connectivity index (χ1) is 15.3. The van der Waals surface area contributed by atoms with Gasteiger partial charge in [0.05, 0.1) is 12.2 Å². The van der Waals surface area contributed by atoms with Gasteiger partial charge in [-0.1, -0.05) is 60.2 Å². The average molecular weight is 431 g/mol. The fourth-order valence-corrected chi connectivity index (χ4v) is 3.20. The third kappa shape index (κ3) is 6.15. The molecule has 8 heteroatoms. The lowest BCUT2D eigenvalue weighted by atomic mass is 10.1. The van der Waals surface area contributed by atoms with E-state index in [2.05, 4.69) is 0 Å². The van der Waals surface area contributed by atoms with Crippen molar-refractivity contribution in [3.05, 3.63) is 83.6 Å². The minimum Gasteiger partial charge on any atom is -0.368 e. The zero-order valence-corrected chi connectivity index (χ0v) is 17.8. The van der Waals surface area contributed by atoms with E-state index in [1.54, 1.807) is 10.8 Å². The van der Waals surface area contributed by atoms with Gasteiger partial charge in [0.25, 0.3) is 0 Å². The Balaban J connectivity index is 1.92. The maximum Gasteiger partial charge on any atom is 0.247 e. The molecule has 3 aromatic rings. The van der Waals surface area contributed by atoms with Crippen molar-refractivity contribution in [1.82, 2.24) is 14.7 Å². The molecule has 0 atom stereocenters. The van der Waals surface area contributed by atoms with Gasteiger partial charge in [-0.2, -0.15) is 5.10 Å². The van der Waals surface area contributed by atoms with Gasteiger partial charge in [0, 0.05) is 23.4 Å². The lowest BCUT2D eigenvalue weighted by molar-refractivity contribution is -0.134. The van der Waals surface area contributed by atoms with Gasteiger partial charge in [-0.15, -0.1) is 0 Å². The van der Waals surface area contributed by atoms with Crippen molar-refractivity contribution < 1.29 is 14.4 Å². The molecule has 0 fully saturated rings. The Morgan fingerprint density at radius 3 is 2.19 bits per heavy atom. The Kier molecular flexibility index (Phi) is 7.17. The predicted molar refractivity (Wildman–Crippen MR) is 122 cm³/mol. The Labute approximate surface area is 186 Å². The van der Waals surface area contributed by atoms with E-state index in [1.807, 2.05) is 67.7 Å². The Morgan fingerprint density at radius 1 is 0.969 bits per heavy atom. The van der Waals surface area contributed by atoms with Gasteiger partial charge in [0.2, 0.25) is 17.7 Å². The molecule has 3 rings (SSSR count). The molecular weight excluding hydrogens is 406 g/mol. The van der Waals surface area contributed by atoms with E-state index in [1.165, 1.54) is 6.08 Å². The molecule has 0 unspecified atom stereocenters. The van der Waals surface area contributed by atoms with Crippen LogP contribution in [0.5, 0.6) is 0 Å². The molecule has 0 spiro atoms. The Hall–Kier alpha value is -4.20. The minimum absolute atomic E-state index is 0.399. The molecule has 32 heavy (non-hydrogen) atoms. The molecule has 0 bridgehead atoms. The number of aryl methyl sites for hydroxylation is 1. The maximum atomic E-state index is 12.6. The quantitative estimate of drug-likeness (QED) is 0.501. The van der Waals surface area contributed by atoms with Crippen molar-refractivity contribution in [2.24, 2.45) is 11.5 Å². The van der Waals surface area contributed by atoms with Crippen molar-refractivity contribution in [3.8, 4) is 11.3 Å². The van der Waals surface area contributed by atoms with Gasteiger partial charge in [-0.25, -0.2) is 0 Å². The van der Waals surface area contributed by atoms with Gasteiger partial charge in [-0.05, 0) is 18.6 Å². The van der Waals surface area contributed by atoms with Crippen LogP contribution in [0.1, 0.15) is 16.7 Å². The zero-order chi connectivity index (χ0) is 23.1. The third-order valence-electron chi connectivity index (χ3n) is 4.71. The smallest absolute Gasteiger partial charge is 0.247 e. The highest BCUT2D eigenvalue weighted by molar-refractivity contribution is 5.97. The lowest BCUT2D eigenvalue weighted by Crippen LogP contribution is -2.42. The highest BCUT2D eigenvalue weighted by Crippen LogP contribution is 2.24. The Morgan fingerprint density at radius 2 is 1.59 bits per heavy atom. The standard InChI is InChI=1S/C24H25N5O3/c1-17-7-9-19(10-8-17)24-20(14-29(27-24)13-18-5-3-2-4-6-18)11-12-23(32)28(15-21(25)30)16-22(26)31/h2-12,14H,13,15-16H2,1H3,(H2,25,30)(H2,26,31). The predicted octanol–water partition coefficient (Wildman–Crippen LogP) is 1.72. The van der Waals surface area contributed by atoms with Crippen LogP contribution in [0.4, 0.5) is 0 Å². The summed E-state index contributed by atoms with van der Waals surface area (Å²) in [7, 11) is 0. The van der Waals surface area contributed by atoms with Crippen molar-refractivity contribution in [3.63, 3.8) is 0 Å². The van der Waals surface area contributed by atoms with Crippen LogP contribution in [0.2, 0.25) is 0 Å². The molecule has 1 aromatic heterocycles. The number of carbonyl (C=O) groups excluding carboxylic acids is 3. The number of hydrogen-bond acceptors (Lipinski definition) is 4. The van der Waals surface area contributed by atoms with E-state index in [9.17, 15) is 14.4 Å². The van der Waals surface area contributed by atoms with E-state index in [4.69, 9.17) is 16.6 Å². The normalized spacial score (nSPS) is 10.9. The molecule has 2 aromatic carbocycles. The van der Waals surface area contributed by atoms with E-state index < -0.39 is 30.8 Å². The van der Waals surface area contributed by atoms with Crippen molar-refractivity contribution in [2.75, 3.05) is 13.1 Å². The molecule has 0 aliphatic carbocycles. The van der Waals surface area contributed by atoms with E-state index in [-0.39, 0.29) is 0 Å². The second kappa shape index (κ2) is 10.2. The molecule has 4 N–H and O–H groups in total. The second-order valence-corrected chi connectivity index (χ2v) is 7.44. The molecule has 0 radical (unpaired) electrons. The summed E-state index contributed by atoms with van der Waals surface area (Å²) in [5.41, 5.74) is 14.9. The number of carbonyl (C=O) groups is 3. The van der Waals surface area contributed by atoms with E-state index in [0.717, 1.165) is 27.2 Å². The highest BCUT2D eigenvalue weighted by Gasteiger charge is 2.16. The van der Waals surface area contributed by atoms with Gasteiger partial charge in [0.15, 0.2) is 0 Å². The number of rotatable bonds is 9. The van der Waals surface area contributed by atoms with Crippen molar-refractivity contribution in [2.45, 2.75) is 13.5 Å². The topological polar surface area (TPSA) is 124 Å². The number of aromatic nitrogens is 2. The van der Waals surface area contributed by atoms with Crippen LogP contribution in [0.25, 0.3) is 17.3 Å². The Bertz CT molecular complexity index is 1120. The first kappa shape index (κ1) is 22.5. The number of hydrogen-bond donors (Lipinski definition) is 2. The van der Waals surface area contributed by atoms with Crippen LogP contribution in [0.15, 0.2) is 66.9 Å². The van der Waals surface area contributed by atoms with Gasteiger partial charge in [0.1, 0.15) is 13.1 Å². The molecule has 8 nitrogen and oxygen atoms in total. The van der Waals surface area contributed by atoms with Gasteiger partial charge < -0.3 is 16.4 Å². The molecule has 3 amide bonds. The molecule has 0 saturated carbocycles. The SMILES string of the molecule is Cc1ccc(-c2nn(Cc3ccccc3)cc2C=CC(=O)N(CC(N)=O)CC(N)=O)cc1. The highest BCUT2D eigenvalue weighted by atomic mass is 16.2. The van der Waals surface area contributed by atoms with Crippen LogP contribution >= 0.6 is 0 Å². The van der Waals surface area contributed by atoms with Crippen LogP contribution in [-0.2, 0) is 20.9 Å². The zero-order valence-electron chi connectivity index (χ0n) is 17.8. The first-order valence-electron chi connectivity index (χ1n) is 10.0. The number of primary amides is 2. The summed E-state index contributed by atoms with van der Waals surface area (Å²) in [6, 6.07) is 17.8. The minimum atomic E-state index is -0.732. The molecule has 0 aliphatic heterocycles. The van der Waals surface area contributed by atoms with Gasteiger partial charge >= 0.3 is 0 Å². The number of benzene rings is 2. The third-order valence-corrected chi connectivity index (χ3v) is 4.71. The summed E-state index contributed by atoms with van der Waals surface area (Å²) >= 11 is 0. The largest absolute Gasteiger partial charge is 0.368 e.